The monoisotopic (exact) mass is 262 g/mol. The SMILES string of the molecule is CC(=C(C#N)C#N)c1ccc(-c2ccccc2F)cc1. The third-order valence-electron chi connectivity index (χ3n) is 3.10. The third-order valence-corrected chi connectivity index (χ3v) is 3.10. The molecular formula is C17H11FN2. The zero-order valence-corrected chi connectivity index (χ0v) is 10.9. The van der Waals surface area contributed by atoms with Crippen molar-refractivity contribution in [1.82, 2.24) is 0 Å². The second kappa shape index (κ2) is 5.82. The minimum Gasteiger partial charge on any atom is -0.206 e. The summed E-state index contributed by atoms with van der Waals surface area (Å²) >= 11 is 0. The first kappa shape index (κ1) is 13.5. The fourth-order valence-corrected chi connectivity index (χ4v) is 1.93. The summed E-state index contributed by atoms with van der Waals surface area (Å²) in [6.07, 6.45) is 0. The second-order valence-corrected chi connectivity index (χ2v) is 4.28. The molecule has 96 valence electrons. The van der Waals surface area contributed by atoms with Crippen LogP contribution in [0, 0.1) is 28.5 Å². The second-order valence-electron chi connectivity index (χ2n) is 4.28. The molecular weight excluding hydrogens is 251 g/mol. The molecule has 0 aromatic heterocycles. The fourth-order valence-electron chi connectivity index (χ4n) is 1.93. The van der Waals surface area contributed by atoms with Crippen LogP contribution in [0.2, 0.25) is 0 Å². The number of benzene rings is 2. The van der Waals surface area contributed by atoms with Crippen LogP contribution in [0.4, 0.5) is 4.39 Å². The lowest BCUT2D eigenvalue weighted by atomic mass is 9.98. The molecule has 0 amide bonds. The van der Waals surface area contributed by atoms with Gasteiger partial charge in [0.25, 0.3) is 0 Å². The van der Waals surface area contributed by atoms with Crippen LogP contribution in [-0.4, -0.2) is 0 Å². The third kappa shape index (κ3) is 2.58. The molecule has 0 spiro atoms. The summed E-state index contributed by atoms with van der Waals surface area (Å²) in [5, 5.41) is 17.7. The van der Waals surface area contributed by atoms with Crippen molar-refractivity contribution in [3.05, 3.63) is 65.5 Å². The number of halogens is 1. The molecule has 3 heteroatoms. The lowest BCUT2D eigenvalue weighted by molar-refractivity contribution is 0.631. The Morgan fingerprint density at radius 1 is 0.950 bits per heavy atom. The van der Waals surface area contributed by atoms with Gasteiger partial charge in [-0.1, -0.05) is 42.5 Å². The van der Waals surface area contributed by atoms with E-state index in [-0.39, 0.29) is 11.4 Å². The number of nitriles is 2. The van der Waals surface area contributed by atoms with Gasteiger partial charge in [0.2, 0.25) is 0 Å². The molecule has 0 N–H and O–H groups in total. The first-order chi connectivity index (χ1) is 9.67. The Morgan fingerprint density at radius 3 is 2.10 bits per heavy atom. The van der Waals surface area contributed by atoms with E-state index < -0.39 is 0 Å². The van der Waals surface area contributed by atoms with Crippen LogP contribution in [0.5, 0.6) is 0 Å². The van der Waals surface area contributed by atoms with Gasteiger partial charge in [-0.05, 0) is 29.7 Å². The van der Waals surface area contributed by atoms with Gasteiger partial charge >= 0.3 is 0 Å². The molecule has 20 heavy (non-hydrogen) atoms. The van der Waals surface area contributed by atoms with Crippen molar-refractivity contribution >= 4 is 5.57 Å². The summed E-state index contributed by atoms with van der Waals surface area (Å²) in [6.45, 7) is 1.72. The Kier molecular flexibility index (Phi) is 3.93. The van der Waals surface area contributed by atoms with Gasteiger partial charge in [0.15, 0.2) is 0 Å². The largest absolute Gasteiger partial charge is 0.206 e. The number of hydrogen-bond donors (Lipinski definition) is 0. The molecule has 0 bridgehead atoms. The zero-order chi connectivity index (χ0) is 14.5. The summed E-state index contributed by atoms with van der Waals surface area (Å²) in [5.41, 5.74) is 2.78. The molecule has 2 rings (SSSR count). The van der Waals surface area contributed by atoms with E-state index in [0.717, 1.165) is 11.1 Å². The highest BCUT2D eigenvalue weighted by atomic mass is 19.1. The van der Waals surface area contributed by atoms with Crippen molar-refractivity contribution < 1.29 is 4.39 Å². The standard InChI is InChI=1S/C17H11FN2/c1-12(15(10-19)11-20)13-6-8-14(9-7-13)16-4-2-3-5-17(16)18/h2-9H,1H3. The lowest BCUT2D eigenvalue weighted by Gasteiger charge is -2.06. The molecule has 0 heterocycles. The van der Waals surface area contributed by atoms with Crippen LogP contribution in [-0.2, 0) is 0 Å². The van der Waals surface area contributed by atoms with Gasteiger partial charge in [0.05, 0.1) is 0 Å². The van der Waals surface area contributed by atoms with Gasteiger partial charge in [-0.3, -0.25) is 0 Å². The van der Waals surface area contributed by atoms with Gasteiger partial charge in [-0.2, -0.15) is 10.5 Å². The molecule has 0 atom stereocenters. The zero-order valence-electron chi connectivity index (χ0n) is 10.9. The van der Waals surface area contributed by atoms with Crippen molar-refractivity contribution in [2.24, 2.45) is 0 Å². The van der Waals surface area contributed by atoms with Gasteiger partial charge in [0, 0.05) is 5.56 Å². The number of rotatable bonds is 2. The molecule has 2 aromatic rings. The fraction of sp³-hybridized carbons (Fsp3) is 0.0588. The minimum atomic E-state index is -0.276. The number of nitrogens with zero attached hydrogens (tertiary/aromatic N) is 2. The van der Waals surface area contributed by atoms with Gasteiger partial charge in [-0.25, -0.2) is 4.39 Å². The maximum atomic E-state index is 13.7. The highest BCUT2D eigenvalue weighted by Crippen LogP contribution is 2.25. The summed E-state index contributed by atoms with van der Waals surface area (Å²) in [6, 6.07) is 17.4. The maximum Gasteiger partial charge on any atom is 0.133 e. The number of allylic oxidation sites excluding steroid dienone is 2. The van der Waals surface area contributed by atoms with Gasteiger partial charge < -0.3 is 0 Å². The van der Waals surface area contributed by atoms with Crippen LogP contribution in [0.1, 0.15) is 12.5 Å². The van der Waals surface area contributed by atoms with Gasteiger partial charge in [0.1, 0.15) is 23.5 Å². The molecule has 0 aliphatic rings. The van der Waals surface area contributed by atoms with Crippen LogP contribution in [0.25, 0.3) is 16.7 Å². The predicted molar refractivity (Wildman–Crippen MR) is 75.7 cm³/mol. The van der Waals surface area contributed by atoms with Crippen LogP contribution in [0.3, 0.4) is 0 Å². The van der Waals surface area contributed by atoms with Crippen LogP contribution >= 0.6 is 0 Å². The van der Waals surface area contributed by atoms with Crippen molar-refractivity contribution in [1.29, 1.82) is 10.5 Å². The average Bonchev–Trinajstić information content (AvgIpc) is 2.49. The van der Waals surface area contributed by atoms with E-state index in [4.69, 9.17) is 10.5 Å². The van der Waals surface area contributed by atoms with E-state index in [1.807, 2.05) is 12.1 Å². The average molecular weight is 262 g/mol. The Morgan fingerprint density at radius 2 is 1.55 bits per heavy atom. The molecule has 0 fully saturated rings. The molecule has 0 saturated carbocycles. The first-order valence-electron chi connectivity index (χ1n) is 6.03. The summed E-state index contributed by atoms with van der Waals surface area (Å²) in [7, 11) is 0. The summed E-state index contributed by atoms with van der Waals surface area (Å²) in [5.74, 6) is -0.276. The predicted octanol–water partition coefficient (Wildman–Crippen LogP) is 4.31. The highest BCUT2D eigenvalue weighted by Gasteiger charge is 2.06. The molecule has 2 aromatic carbocycles. The molecule has 0 radical (unpaired) electrons. The van der Waals surface area contributed by atoms with E-state index in [0.29, 0.717) is 11.1 Å². The molecule has 0 aliphatic carbocycles. The molecule has 0 unspecified atom stereocenters. The summed E-state index contributed by atoms with van der Waals surface area (Å²) in [4.78, 5) is 0. The van der Waals surface area contributed by atoms with E-state index in [1.54, 1.807) is 49.4 Å². The molecule has 2 nitrogen and oxygen atoms in total. The van der Waals surface area contributed by atoms with Crippen molar-refractivity contribution in [3.8, 4) is 23.3 Å². The van der Waals surface area contributed by atoms with Crippen molar-refractivity contribution in [2.75, 3.05) is 0 Å². The first-order valence-corrected chi connectivity index (χ1v) is 6.03. The molecule has 0 saturated heterocycles. The van der Waals surface area contributed by atoms with E-state index in [2.05, 4.69) is 0 Å². The normalized spacial score (nSPS) is 9.40. The van der Waals surface area contributed by atoms with Crippen LogP contribution in [0.15, 0.2) is 54.1 Å². The van der Waals surface area contributed by atoms with E-state index >= 15 is 0 Å². The molecule has 0 aliphatic heterocycles. The minimum absolute atomic E-state index is 0.0867. The Labute approximate surface area is 117 Å². The quantitative estimate of drug-likeness (QED) is 0.757. The Bertz CT molecular complexity index is 728. The maximum absolute atomic E-state index is 13.7. The topological polar surface area (TPSA) is 47.6 Å². The van der Waals surface area contributed by atoms with Crippen molar-refractivity contribution in [3.63, 3.8) is 0 Å². The number of hydrogen-bond acceptors (Lipinski definition) is 2. The Hall–Kier alpha value is -2.91. The summed E-state index contributed by atoms with van der Waals surface area (Å²) < 4.78 is 13.7. The Balaban J connectivity index is 2.43. The highest BCUT2D eigenvalue weighted by molar-refractivity contribution is 5.75. The lowest BCUT2D eigenvalue weighted by Crippen LogP contribution is -1.87. The van der Waals surface area contributed by atoms with Crippen LogP contribution < -0.4 is 0 Å². The van der Waals surface area contributed by atoms with Crippen molar-refractivity contribution in [2.45, 2.75) is 6.92 Å². The van der Waals surface area contributed by atoms with E-state index in [9.17, 15) is 4.39 Å². The van der Waals surface area contributed by atoms with Gasteiger partial charge in [-0.15, -0.1) is 0 Å². The smallest absolute Gasteiger partial charge is 0.133 e. The van der Waals surface area contributed by atoms with E-state index in [1.165, 1.54) is 6.07 Å².